The van der Waals surface area contributed by atoms with E-state index in [0.717, 1.165) is 25.0 Å². The van der Waals surface area contributed by atoms with Crippen LogP contribution < -0.4 is 0 Å². The summed E-state index contributed by atoms with van der Waals surface area (Å²) in [5.41, 5.74) is 0.0455. The lowest BCUT2D eigenvalue weighted by atomic mass is 9.93. The molecule has 1 fully saturated rings. The summed E-state index contributed by atoms with van der Waals surface area (Å²) in [4.78, 5) is 19.9. The number of alkyl halides is 3. The fourth-order valence-corrected chi connectivity index (χ4v) is 3.92. The van der Waals surface area contributed by atoms with Crippen LogP contribution in [0.15, 0.2) is 28.8 Å². The van der Waals surface area contributed by atoms with Gasteiger partial charge >= 0.3 is 6.18 Å². The van der Waals surface area contributed by atoms with E-state index in [9.17, 15) is 18.0 Å². The van der Waals surface area contributed by atoms with Gasteiger partial charge in [-0.2, -0.15) is 23.0 Å². The Morgan fingerprint density at radius 3 is 2.59 bits per heavy atom. The molecule has 4 rings (SSSR count). The van der Waals surface area contributed by atoms with E-state index in [1.165, 1.54) is 23.0 Å². The van der Waals surface area contributed by atoms with Crippen molar-refractivity contribution in [2.45, 2.75) is 45.8 Å². The first-order chi connectivity index (χ1) is 16.2. The Balaban J connectivity index is 1.42. The van der Waals surface area contributed by atoms with Gasteiger partial charge in [0.05, 0.1) is 12.1 Å². The molecule has 180 valence electrons. The summed E-state index contributed by atoms with van der Waals surface area (Å²) in [7, 11) is 0. The molecule has 0 aliphatic carbocycles. The molecule has 34 heavy (non-hydrogen) atoms. The minimum Gasteiger partial charge on any atom is -0.339 e. The van der Waals surface area contributed by atoms with Crippen LogP contribution >= 0.6 is 0 Å². The maximum atomic E-state index is 13.2. The minimum atomic E-state index is -4.48. The van der Waals surface area contributed by atoms with Gasteiger partial charge in [-0.05, 0) is 67.2 Å². The molecule has 1 aliphatic rings. The monoisotopic (exact) mass is 475 g/mol. The number of halogens is 3. The van der Waals surface area contributed by atoms with Gasteiger partial charge in [0.15, 0.2) is 11.6 Å². The number of aromatic nitrogens is 6. The van der Waals surface area contributed by atoms with Crippen LogP contribution in [0.3, 0.4) is 0 Å². The molecule has 0 spiro atoms. The Morgan fingerprint density at radius 2 is 1.97 bits per heavy atom. The van der Waals surface area contributed by atoms with Crippen LogP contribution in [0, 0.1) is 19.8 Å². The third-order valence-corrected chi connectivity index (χ3v) is 5.70. The Morgan fingerprint density at radius 1 is 1.21 bits per heavy atom. The standard InChI is InChI=1S/C22H24F3N7O2/c1-14-26-20(34-29-14)11-16-7-9-31(10-8-16)21(33)6-4-17-3-5-19(22(23,24)25)12-18(17)13-32-28-15(2)27-30-32/h3-6,12,16H,7-11,13H2,1-2H3/b6-4+. The Bertz CT molecular complexity index is 1180. The summed E-state index contributed by atoms with van der Waals surface area (Å²) in [5, 5.41) is 15.4. The molecule has 9 nitrogen and oxygen atoms in total. The molecular weight excluding hydrogens is 451 g/mol. The number of likely N-dealkylation sites (tertiary alicyclic amines) is 1. The maximum absolute atomic E-state index is 13.2. The third kappa shape index (κ3) is 5.86. The van der Waals surface area contributed by atoms with Gasteiger partial charge < -0.3 is 9.42 Å². The van der Waals surface area contributed by atoms with E-state index >= 15 is 0 Å². The van der Waals surface area contributed by atoms with Gasteiger partial charge in [-0.25, -0.2) is 0 Å². The Hall–Kier alpha value is -3.57. The molecule has 3 heterocycles. The van der Waals surface area contributed by atoms with Crippen molar-refractivity contribution in [3.05, 3.63) is 58.5 Å². The lowest BCUT2D eigenvalue weighted by Crippen LogP contribution is -2.38. The molecule has 0 saturated carbocycles. The van der Waals surface area contributed by atoms with Crippen molar-refractivity contribution in [1.29, 1.82) is 0 Å². The highest BCUT2D eigenvalue weighted by atomic mass is 19.4. The number of tetrazole rings is 1. The lowest BCUT2D eigenvalue weighted by molar-refractivity contribution is -0.137. The first-order valence-corrected chi connectivity index (χ1v) is 10.9. The largest absolute Gasteiger partial charge is 0.416 e. The first-order valence-electron chi connectivity index (χ1n) is 10.9. The first kappa shape index (κ1) is 23.6. The molecule has 0 radical (unpaired) electrons. The molecule has 1 aromatic carbocycles. The lowest BCUT2D eigenvalue weighted by Gasteiger charge is -2.30. The van der Waals surface area contributed by atoms with Crippen LogP contribution in [0.25, 0.3) is 6.08 Å². The maximum Gasteiger partial charge on any atom is 0.416 e. The molecule has 1 amide bonds. The summed E-state index contributed by atoms with van der Waals surface area (Å²) in [6.07, 6.45) is 0.753. The molecule has 1 saturated heterocycles. The van der Waals surface area contributed by atoms with E-state index in [4.69, 9.17) is 4.52 Å². The van der Waals surface area contributed by atoms with Crippen molar-refractivity contribution in [2.75, 3.05) is 13.1 Å². The fraction of sp³-hybridized carbons (Fsp3) is 0.455. The average Bonchev–Trinajstić information content (AvgIpc) is 3.39. The summed E-state index contributed by atoms with van der Waals surface area (Å²) < 4.78 is 44.9. The average molecular weight is 475 g/mol. The molecule has 0 N–H and O–H groups in total. The number of carbonyl (C=O) groups excluding carboxylic acids is 1. The second kappa shape index (κ2) is 9.74. The van der Waals surface area contributed by atoms with Gasteiger partial charge in [0.1, 0.15) is 0 Å². The molecule has 2 aromatic heterocycles. The van der Waals surface area contributed by atoms with Crippen molar-refractivity contribution >= 4 is 12.0 Å². The number of hydrogen-bond donors (Lipinski definition) is 0. The number of amides is 1. The Kier molecular flexibility index (Phi) is 6.75. The predicted molar refractivity (Wildman–Crippen MR) is 114 cm³/mol. The van der Waals surface area contributed by atoms with Crippen molar-refractivity contribution in [2.24, 2.45) is 5.92 Å². The van der Waals surface area contributed by atoms with Crippen LogP contribution in [0.1, 0.15) is 47.1 Å². The summed E-state index contributed by atoms with van der Waals surface area (Å²) >= 11 is 0. The summed E-state index contributed by atoms with van der Waals surface area (Å²) in [5.74, 6) is 1.79. The second-order valence-electron chi connectivity index (χ2n) is 8.32. The normalized spacial score (nSPS) is 15.4. The van der Waals surface area contributed by atoms with Gasteiger partial charge in [0, 0.05) is 25.6 Å². The third-order valence-electron chi connectivity index (χ3n) is 5.70. The SMILES string of the molecule is Cc1noc(CC2CCN(C(=O)/C=C/c3ccc(C(F)(F)F)cc3Cn3nnc(C)n3)CC2)n1. The van der Waals surface area contributed by atoms with E-state index in [-0.39, 0.29) is 12.5 Å². The molecule has 3 aromatic rings. The molecule has 1 aliphatic heterocycles. The highest BCUT2D eigenvalue weighted by Crippen LogP contribution is 2.31. The molecule has 0 atom stereocenters. The number of nitrogens with zero attached hydrogens (tertiary/aromatic N) is 7. The van der Waals surface area contributed by atoms with E-state index < -0.39 is 11.7 Å². The van der Waals surface area contributed by atoms with E-state index in [1.807, 2.05) is 0 Å². The van der Waals surface area contributed by atoms with Crippen molar-refractivity contribution in [3.8, 4) is 0 Å². The number of piperidine rings is 1. The van der Waals surface area contributed by atoms with E-state index in [0.29, 0.717) is 54.1 Å². The van der Waals surface area contributed by atoms with E-state index in [1.54, 1.807) is 18.7 Å². The predicted octanol–water partition coefficient (Wildman–Crippen LogP) is 3.23. The molecule has 0 bridgehead atoms. The second-order valence-corrected chi connectivity index (χ2v) is 8.32. The van der Waals surface area contributed by atoms with Crippen LogP contribution in [0.2, 0.25) is 0 Å². The molecule has 12 heteroatoms. The Labute approximate surface area is 193 Å². The van der Waals surface area contributed by atoms with Crippen LogP contribution in [-0.2, 0) is 23.9 Å². The zero-order valence-electron chi connectivity index (χ0n) is 18.8. The van der Waals surface area contributed by atoms with Crippen LogP contribution in [-0.4, -0.2) is 54.2 Å². The zero-order valence-corrected chi connectivity index (χ0v) is 18.8. The van der Waals surface area contributed by atoms with Crippen LogP contribution in [0.5, 0.6) is 0 Å². The van der Waals surface area contributed by atoms with Crippen LogP contribution in [0.4, 0.5) is 13.2 Å². The van der Waals surface area contributed by atoms with Gasteiger partial charge in [0.25, 0.3) is 0 Å². The van der Waals surface area contributed by atoms with Crippen molar-refractivity contribution in [1.82, 2.24) is 35.2 Å². The minimum absolute atomic E-state index is 0.000829. The molecular formula is C22H24F3N7O2. The number of hydrogen-bond acceptors (Lipinski definition) is 7. The van der Waals surface area contributed by atoms with Gasteiger partial charge in [-0.1, -0.05) is 11.2 Å². The topological polar surface area (TPSA) is 103 Å². The highest BCUT2D eigenvalue weighted by Gasteiger charge is 2.31. The summed E-state index contributed by atoms with van der Waals surface area (Å²) in [6, 6.07) is 3.40. The van der Waals surface area contributed by atoms with Crippen molar-refractivity contribution in [3.63, 3.8) is 0 Å². The fourth-order valence-electron chi connectivity index (χ4n) is 3.92. The quantitative estimate of drug-likeness (QED) is 0.504. The highest BCUT2D eigenvalue weighted by molar-refractivity contribution is 5.92. The number of aryl methyl sites for hydroxylation is 2. The van der Waals surface area contributed by atoms with E-state index in [2.05, 4.69) is 25.6 Å². The van der Waals surface area contributed by atoms with Gasteiger partial charge in [0.2, 0.25) is 11.8 Å². The molecule has 0 unspecified atom stereocenters. The zero-order chi connectivity index (χ0) is 24.3. The number of rotatable bonds is 6. The smallest absolute Gasteiger partial charge is 0.339 e. The summed E-state index contributed by atoms with van der Waals surface area (Å²) in [6.45, 7) is 4.58. The number of carbonyl (C=O) groups is 1. The van der Waals surface area contributed by atoms with Gasteiger partial charge in [-0.15, -0.1) is 10.2 Å². The number of benzene rings is 1. The van der Waals surface area contributed by atoms with Gasteiger partial charge in [-0.3, -0.25) is 4.79 Å². The van der Waals surface area contributed by atoms with Crippen molar-refractivity contribution < 1.29 is 22.5 Å².